The summed E-state index contributed by atoms with van der Waals surface area (Å²) >= 11 is 0. The Balaban J connectivity index is 1.95. The van der Waals surface area contributed by atoms with Crippen molar-refractivity contribution >= 4 is 0 Å². The van der Waals surface area contributed by atoms with Crippen molar-refractivity contribution in [2.45, 2.75) is 107 Å². The molecule has 0 aliphatic carbocycles. The Kier molecular flexibility index (Phi) is 7.72. The summed E-state index contributed by atoms with van der Waals surface area (Å²) in [6.45, 7) is 28.0. The highest BCUT2D eigenvalue weighted by Gasteiger charge is 2.28. The van der Waals surface area contributed by atoms with E-state index in [2.05, 4.69) is 144 Å². The van der Waals surface area contributed by atoms with Gasteiger partial charge in [0.2, 0.25) is 0 Å². The summed E-state index contributed by atoms with van der Waals surface area (Å²) in [7, 11) is 0. The van der Waals surface area contributed by atoms with Crippen molar-refractivity contribution in [3.05, 3.63) is 82.9 Å². The van der Waals surface area contributed by atoms with Gasteiger partial charge >= 0.3 is 0 Å². The second-order valence-electron chi connectivity index (χ2n) is 14.9. The molecule has 194 valence electrons. The molecule has 0 atom stereocenters. The molecule has 0 aromatic heterocycles. The van der Waals surface area contributed by atoms with Crippen LogP contribution in [-0.2, 0) is 10.8 Å². The van der Waals surface area contributed by atoms with E-state index in [-0.39, 0.29) is 10.8 Å². The maximum absolute atomic E-state index is 2.37. The van der Waals surface area contributed by atoms with Gasteiger partial charge in [0, 0.05) is 0 Å². The standard InChI is InChI=1S/C36H50/c1-25-21-31(27-13-17-29(18-14-27)35(9,10)23-33(3,4)5)26(2)32(22-25)28-15-19-30(20-16-28)36(11,12)24-34(6,7)8/h13-22H,23-24H2,1-12H3. The fraction of sp³-hybridized carbons (Fsp3) is 0.500. The van der Waals surface area contributed by atoms with Crippen LogP contribution in [0.4, 0.5) is 0 Å². The fourth-order valence-corrected chi connectivity index (χ4v) is 6.52. The summed E-state index contributed by atoms with van der Waals surface area (Å²) in [6, 6.07) is 23.3. The lowest BCUT2D eigenvalue weighted by Gasteiger charge is -2.33. The maximum Gasteiger partial charge on any atom is -0.00986 e. The highest BCUT2D eigenvalue weighted by atomic mass is 14.3. The van der Waals surface area contributed by atoms with Crippen molar-refractivity contribution in [2.24, 2.45) is 10.8 Å². The molecular weight excluding hydrogens is 432 g/mol. The minimum atomic E-state index is 0.159. The molecule has 0 heterocycles. The van der Waals surface area contributed by atoms with E-state index < -0.39 is 0 Å². The highest BCUT2D eigenvalue weighted by Crippen LogP contribution is 2.40. The molecule has 0 N–H and O–H groups in total. The Labute approximate surface area is 222 Å². The molecule has 0 bridgehead atoms. The average Bonchev–Trinajstić information content (AvgIpc) is 2.72. The molecule has 0 unspecified atom stereocenters. The first kappa shape index (κ1) is 28.2. The Bertz CT molecular complexity index is 1080. The molecule has 0 saturated carbocycles. The zero-order chi connectivity index (χ0) is 27.1. The Morgan fingerprint density at radius 2 is 0.778 bits per heavy atom. The molecule has 0 fully saturated rings. The van der Waals surface area contributed by atoms with E-state index in [1.807, 2.05) is 0 Å². The third kappa shape index (κ3) is 6.90. The van der Waals surface area contributed by atoms with E-state index in [0.717, 1.165) is 12.8 Å². The highest BCUT2D eigenvalue weighted by molar-refractivity contribution is 5.79. The molecule has 36 heavy (non-hydrogen) atoms. The summed E-state index contributed by atoms with van der Waals surface area (Å²) in [5.41, 5.74) is 11.7. The first-order chi connectivity index (χ1) is 16.4. The quantitative estimate of drug-likeness (QED) is 0.328. The van der Waals surface area contributed by atoms with Crippen LogP contribution in [0.5, 0.6) is 0 Å². The molecule has 0 nitrogen and oxygen atoms in total. The smallest absolute Gasteiger partial charge is 0.00986 e. The topological polar surface area (TPSA) is 0 Å². The molecule has 0 spiro atoms. The zero-order valence-corrected chi connectivity index (χ0v) is 25.2. The van der Waals surface area contributed by atoms with E-state index in [1.165, 1.54) is 44.5 Å². The number of hydrogen-bond donors (Lipinski definition) is 0. The molecule has 0 aliphatic rings. The van der Waals surface area contributed by atoms with Crippen molar-refractivity contribution < 1.29 is 0 Å². The summed E-state index contributed by atoms with van der Waals surface area (Å²) in [5.74, 6) is 0. The molecule has 3 aromatic carbocycles. The lowest BCUT2D eigenvalue weighted by atomic mass is 9.72. The monoisotopic (exact) mass is 482 g/mol. The van der Waals surface area contributed by atoms with Gasteiger partial charge in [-0.2, -0.15) is 0 Å². The minimum Gasteiger partial charge on any atom is -0.0601 e. The molecule has 3 rings (SSSR count). The van der Waals surface area contributed by atoms with Crippen molar-refractivity contribution in [1.29, 1.82) is 0 Å². The molecule has 0 radical (unpaired) electrons. The summed E-state index contributed by atoms with van der Waals surface area (Å²) < 4.78 is 0. The van der Waals surface area contributed by atoms with Crippen molar-refractivity contribution in [3.63, 3.8) is 0 Å². The first-order valence-electron chi connectivity index (χ1n) is 13.7. The van der Waals surface area contributed by atoms with Crippen LogP contribution in [0.2, 0.25) is 0 Å². The molecule has 0 saturated heterocycles. The predicted molar refractivity (Wildman–Crippen MR) is 161 cm³/mol. The summed E-state index contributed by atoms with van der Waals surface area (Å²) in [6.07, 6.45) is 2.32. The molecular formula is C36H50. The van der Waals surface area contributed by atoms with Crippen LogP contribution in [0, 0.1) is 24.7 Å². The van der Waals surface area contributed by atoms with Crippen LogP contribution in [0.15, 0.2) is 60.7 Å². The predicted octanol–water partition coefficient (Wildman–Crippen LogP) is 11.1. The van der Waals surface area contributed by atoms with Gasteiger partial charge in [-0.15, -0.1) is 0 Å². The average molecular weight is 483 g/mol. The van der Waals surface area contributed by atoms with Crippen LogP contribution < -0.4 is 0 Å². The number of aryl methyl sites for hydroxylation is 1. The number of rotatable bonds is 6. The van der Waals surface area contributed by atoms with Crippen molar-refractivity contribution in [1.82, 2.24) is 0 Å². The van der Waals surface area contributed by atoms with E-state index in [0.29, 0.717) is 10.8 Å². The van der Waals surface area contributed by atoms with E-state index in [4.69, 9.17) is 0 Å². The SMILES string of the molecule is Cc1cc(-c2ccc(C(C)(C)CC(C)(C)C)cc2)c(C)c(-c2ccc(C(C)(C)CC(C)(C)C)cc2)c1. The number of benzene rings is 3. The molecule has 3 aromatic rings. The van der Waals surface area contributed by atoms with Gasteiger partial charge in [-0.3, -0.25) is 0 Å². The largest absolute Gasteiger partial charge is 0.0601 e. The third-order valence-electron chi connectivity index (χ3n) is 7.45. The first-order valence-corrected chi connectivity index (χ1v) is 13.7. The van der Waals surface area contributed by atoms with Crippen molar-refractivity contribution in [2.75, 3.05) is 0 Å². The van der Waals surface area contributed by atoms with E-state index >= 15 is 0 Å². The van der Waals surface area contributed by atoms with Crippen LogP contribution in [0.1, 0.15) is 104 Å². The minimum absolute atomic E-state index is 0.159. The van der Waals surface area contributed by atoms with Gasteiger partial charge in [-0.05, 0) is 92.9 Å². The third-order valence-corrected chi connectivity index (χ3v) is 7.45. The molecule has 0 aliphatic heterocycles. The van der Waals surface area contributed by atoms with Crippen LogP contribution in [-0.4, -0.2) is 0 Å². The number of hydrogen-bond acceptors (Lipinski definition) is 0. The summed E-state index contributed by atoms with van der Waals surface area (Å²) in [5, 5.41) is 0. The lowest BCUT2D eigenvalue weighted by Crippen LogP contribution is -2.24. The Morgan fingerprint density at radius 1 is 0.472 bits per heavy atom. The van der Waals surface area contributed by atoms with Gasteiger partial charge in [0.1, 0.15) is 0 Å². The van der Waals surface area contributed by atoms with Crippen LogP contribution in [0.25, 0.3) is 22.3 Å². The summed E-state index contributed by atoms with van der Waals surface area (Å²) in [4.78, 5) is 0. The fourth-order valence-electron chi connectivity index (χ4n) is 6.52. The lowest BCUT2D eigenvalue weighted by molar-refractivity contribution is 0.283. The van der Waals surface area contributed by atoms with Gasteiger partial charge in [0.15, 0.2) is 0 Å². The van der Waals surface area contributed by atoms with Gasteiger partial charge < -0.3 is 0 Å². The Morgan fingerprint density at radius 3 is 1.06 bits per heavy atom. The van der Waals surface area contributed by atoms with Crippen LogP contribution in [0.3, 0.4) is 0 Å². The maximum atomic E-state index is 2.37. The van der Waals surface area contributed by atoms with Gasteiger partial charge in [0.25, 0.3) is 0 Å². The van der Waals surface area contributed by atoms with Gasteiger partial charge in [0.05, 0.1) is 0 Å². The Hall–Kier alpha value is -2.34. The van der Waals surface area contributed by atoms with Gasteiger partial charge in [-0.1, -0.05) is 130 Å². The molecule has 0 heteroatoms. The van der Waals surface area contributed by atoms with Crippen molar-refractivity contribution in [3.8, 4) is 22.3 Å². The zero-order valence-electron chi connectivity index (χ0n) is 25.2. The second kappa shape index (κ2) is 9.85. The van der Waals surface area contributed by atoms with E-state index in [1.54, 1.807) is 0 Å². The second-order valence-corrected chi connectivity index (χ2v) is 14.9. The van der Waals surface area contributed by atoms with Crippen LogP contribution >= 0.6 is 0 Å². The molecule has 0 amide bonds. The van der Waals surface area contributed by atoms with E-state index in [9.17, 15) is 0 Å². The normalized spacial score (nSPS) is 13.2. The van der Waals surface area contributed by atoms with Gasteiger partial charge in [-0.25, -0.2) is 0 Å².